The molecule has 0 radical (unpaired) electrons. The summed E-state index contributed by atoms with van der Waals surface area (Å²) >= 11 is 0. The second kappa shape index (κ2) is 4.27. The largest absolute Gasteiger partial charge is 0.330 e. The van der Waals surface area contributed by atoms with Gasteiger partial charge in [-0.1, -0.05) is 6.08 Å². The number of rotatable bonds is 3. The molecule has 2 heteroatoms. The number of nitrogens with one attached hydrogen (secondary N) is 1. The lowest BCUT2D eigenvalue weighted by atomic mass is 10.2. The summed E-state index contributed by atoms with van der Waals surface area (Å²) in [7, 11) is 0. The molecule has 0 unspecified atom stereocenters. The standard InChI is InChI=1S/C7H14N2/c1-6(7(2)9)4-3-5-8/h4,9H,3,5,8H2,1-2H3/b6-4+,9-7?. The lowest BCUT2D eigenvalue weighted by Crippen LogP contribution is -1.97. The van der Waals surface area contributed by atoms with Crippen LogP contribution in [-0.4, -0.2) is 12.3 Å². The van der Waals surface area contributed by atoms with Gasteiger partial charge in [-0.15, -0.1) is 0 Å². The van der Waals surface area contributed by atoms with Crippen LogP contribution in [0.4, 0.5) is 0 Å². The third-order valence-corrected chi connectivity index (χ3v) is 1.21. The molecule has 0 amide bonds. The summed E-state index contributed by atoms with van der Waals surface area (Å²) in [6.45, 7) is 4.38. The first-order chi connectivity index (χ1) is 4.18. The van der Waals surface area contributed by atoms with Crippen LogP contribution in [-0.2, 0) is 0 Å². The molecule has 0 aromatic heterocycles. The minimum Gasteiger partial charge on any atom is -0.330 e. The van der Waals surface area contributed by atoms with Crippen LogP contribution >= 0.6 is 0 Å². The van der Waals surface area contributed by atoms with Crippen LogP contribution in [0.3, 0.4) is 0 Å². The molecule has 0 aliphatic heterocycles. The highest BCUT2D eigenvalue weighted by atomic mass is 14.5. The number of hydrogen-bond donors (Lipinski definition) is 2. The van der Waals surface area contributed by atoms with Gasteiger partial charge in [0.25, 0.3) is 0 Å². The topological polar surface area (TPSA) is 49.9 Å². The lowest BCUT2D eigenvalue weighted by Gasteiger charge is -1.94. The van der Waals surface area contributed by atoms with Crippen molar-refractivity contribution in [3.8, 4) is 0 Å². The smallest absolute Gasteiger partial charge is 0.0308 e. The summed E-state index contributed by atoms with van der Waals surface area (Å²) in [6.07, 6.45) is 2.87. The third-order valence-electron chi connectivity index (χ3n) is 1.21. The highest BCUT2D eigenvalue weighted by Gasteiger charge is 1.87. The van der Waals surface area contributed by atoms with Gasteiger partial charge in [0.2, 0.25) is 0 Å². The molecule has 0 saturated heterocycles. The number of nitrogens with two attached hydrogens (primary N) is 1. The first-order valence-corrected chi connectivity index (χ1v) is 3.11. The normalized spacial score (nSPS) is 11.7. The van der Waals surface area contributed by atoms with Crippen molar-refractivity contribution < 1.29 is 0 Å². The summed E-state index contributed by atoms with van der Waals surface area (Å²) < 4.78 is 0. The van der Waals surface area contributed by atoms with E-state index in [0.29, 0.717) is 12.3 Å². The van der Waals surface area contributed by atoms with Gasteiger partial charge in [-0.3, -0.25) is 0 Å². The first kappa shape index (κ1) is 8.37. The van der Waals surface area contributed by atoms with Crippen LogP contribution in [0.2, 0.25) is 0 Å². The molecule has 0 aliphatic carbocycles. The predicted molar refractivity (Wildman–Crippen MR) is 40.8 cm³/mol. The minimum absolute atomic E-state index is 0.628. The Hall–Kier alpha value is -0.630. The van der Waals surface area contributed by atoms with Crippen molar-refractivity contribution in [1.82, 2.24) is 0 Å². The Morgan fingerprint density at radius 3 is 2.44 bits per heavy atom. The molecular weight excluding hydrogens is 112 g/mol. The Morgan fingerprint density at radius 2 is 2.11 bits per heavy atom. The van der Waals surface area contributed by atoms with Crippen LogP contribution in [0.5, 0.6) is 0 Å². The molecular formula is C7H14N2. The van der Waals surface area contributed by atoms with E-state index in [1.54, 1.807) is 6.92 Å². The van der Waals surface area contributed by atoms with Gasteiger partial charge in [-0.25, -0.2) is 0 Å². The van der Waals surface area contributed by atoms with Gasteiger partial charge in [0.05, 0.1) is 0 Å². The maximum atomic E-state index is 7.17. The van der Waals surface area contributed by atoms with Crippen LogP contribution < -0.4 is 5.73 Å². The maximum absolute atomic E-state index is 7.17. The van der Waals surface area contributed by atoms with Crippen molar-refractivity contribution in [3.05, 3.63) is 11.6 Å². The number of hydrogen-bond acceptors (Lipinski definition) is 2. The average molecular weight is 126 g/mol. The fourth-order valence-electron chi connectivity index (χ4n) is 0.453. The van der Waals surface area contributed by atoms with Crippen LogP contribution in [0.15, 0.2) is 11.6 Å². The Morgan fingerprint density at radius 1 is 1.56 bits per heavy atom. The van der Waals surface area contributed by atoms with Crippen molar-refractivity contribution in [2.75, 3.05) is 6.54 Å². The van der Waals surface area contributed by atoms with Gasteiger partial charge < -0.3 is 11.1 Å². The first-order valence-electron chi connectivity index (χ1n) is 3.11. The Bertz CT molecular complexity index is 125. The SMILES string of the molecule is CC(=N)/C(C)=C/CCN. The van der Waals surface area contributed by atoms with E-state index in [1.165, 1.54) is 0 Å². The van der Waals surface area contributed by atoms with E-state index in [0.717, 1.165) is 12.0 Å². The highest BCUT2D eigenvalue weighted by Crippen LogP contribution is 1.94. The van der Waals surface area contributed by atoms with Crippen molar-refractivity contribution in [1.29, 1.82) is 5.41 Å². The molecule has 9 heavy (non-hydrogen) atoms. The highest BCUT2D eigenvalue weighted by molar-refractivity contribution is 5.94. The zero-order valence-corrected chi connectivity index (χ0v) is 6.07. The van der Waals surface area contributed by atoms with E-state index >= 15 is 0 Å². The monoisotopic (exact) mass is 126 g/mol. The fourth-order valence-corrected chi connectivity index (χ4v) is 0.453. The third kappa shape index (κ3) is 3.91. The Kier molecular flexibility index (Phi) is 3.97. The van der Waals surface area contributed by atoms with Crippen molar-refractivity contribution in [2.45, 2.75) is 20.3 Å². The van der Waals surface area contributed by atoms with E-state index in [9.17, 15) is 0 Å². The molecule has 0 aromatic rings. The van der Waals surface area contributed by atoms with Crippen LogP contribution in [0.25, 0.3) is 0 Å². The van der Waals surface area contributed by atoms with E-state index < -0.39 is 0 Å². The Labute approximate surface area is 56.3 Å². The minimum atomic E-state index is 0.628. The fraction of sp³-hybridized carbons (Fsp3) is 0.571. The molecule has 0 aromatic carbocycles. The molecule has 0 rings (SSSR count). The van der Waals surface area contributed by atoms with Crippen molar-refractivity contribution in [3.63, 3.8) is 0 Å². The average Bonchev–Trinajstić information content (AvgIpc) is 1.82. The summed E-state index contributed by atoms with van der Waals surface area (Å²) in [5.74, 6) is 0. The molecule has 0 atom stereocenters. The zero-order valence-electron chi connectivity index (χ0n) is 6.07. The van der Waals surface area contributed by atoms with Gasteiger partial charge in [0.1, 0.15) is 0 Å². The van der Waals surface area contributed by atoms with Crippen molar-refractivity contribution >= 4 is 5.71 Å². The molecule has 0 saturated carbocycles. The van der Waals surface area contributed by atoms with Gasteiger partial charge in [-0.05, 0) is 32.4 Å². The van der Waals surface area contributed by atoms with Crippen molar-refractivity contribution in [2.24, 2.45) is 5.73 Å². The quantitative estimate of drug-likeness (QED) is 0.550. The number of allylic oxidation sites excluding steroid dienone is 1. The summed E-state index contributed by atoms with van der Waals surface area (Å²) in [4.78, 5) is 0. The second-order valence-corrected chi connectivity index (χ2v) is 2.09. The summed E-state index contributed by atoms with van der Waals surface area (Å²) in [5.41, 5.74) is 6.92. The molecule has 0 aliphatic rings. The molecule has 0 bridgehead atoms. The molecule has 52 valence electrons. The molecule has 0 heterocycles. The molecule has 0 fully saturated rings. The van der Waals surface area contributed by atoms with E-state index in [1.807, 2.05) is 13.0 Å². The Balaban J connectivity index is 3.69. The maximum Gasteiger partial charge on any atom is 0.0308 e. The molecule has 3 N–H and O–H groups in total. The summed E-state index contributed by atoms with van der Waals surface area (Å²) in [6, 6.07) is 0. The van der Waals surface area contributed by atoms with Gasteiger partial charge in [0, 0.05) is 5.71 Å². The van der Waals surface area contributed by atoms with Gasteiger partial charge in [-0.2, -0.15) is 0 Å². The predicted octanol–water partition coefficient (Wildman–Crippen LogP) is 1.32. The van der Waals surface area contributed by atoms with Crippen LogP contribution in [0.1, 0.15) is 20.3 Å². The molecule has 2 nitrogen and oxygen atoms in total. The van der Waals surface area contributed by atoms with E-state index in [-0.39, 0.29) is 0 Å². The second-order valence-electron chi connectivity index (χ2n) is 2.09. The van der Waals surface area contributed by atoms with Gasteiger partial charge >= 0.3 is 0 Å². The van der Waals surface area contributed by atoms with E-state index in [4.69, 9.17) is 11.1 Å². The molecule has 0 spiro atoms. The lowest BCUT2D eigenvalue weighted by molar-refractivity contribution is 1.00. The van der Waals surface area contributed by atoms with Gasteiger partial charge in [0.15, 0.2) is 0 Å². The van der Waals surface area contributed by atoms with E-state index in [2.05, 4.69) is 0 Å². The zero-order chi connectivity index (χ0) is 7.28. The summed E-state index contributed by atoms with van der Waals surface area (Å²) in [5, 5.41) is 7.17. The van der Waals surface area contributed by atoms with Crippen LogP contribution in [0, 0.1) is 5.41 Å².